The number of carbonyl (C=O) groups is 2. The number of hydrogen-bond donors (Lipinski definition) is 0. The Kier molecular flexibility index (Phi) is 29.6. The molecule has 2 amide bonds. The number of fused-ring (bicyclic) bond motifs is 4. The highest BCUT2D eigenvalue weighted by atomic mass is 32.1. The lowest BCUT2D eigenvalue weighted by Crippen LogP contribution is -2.34. The Morgan fingerprint density at radius 2 is 0.726 bits per heavy atom. The van der Waals surface area contributed by atoms with E-state index in [4.69, 9.17) is 9.47 Å². The fraction of sp³-hybridized carbons (Fsp3) is 0.699. The van der Waals surface area contributed by atoms with E-state index in [9.17, 15) is 0 Å². The summed E-state index contributed by atoms with van der Waals surface area (Å²) in [5.74, 6) is 2.57. The van der Waals surface area contributed by atoms with Crippen LogP contribution in [0.2, 0.25) is 0 Å². The normalized spacial score (nSPS) is 15.2. The van der Waals surface area contributed by atoms with Gasteiger partial charge in [-0.2, -0.15) is 0 Å². The van der Waals surface area contributed by atoms with E-state index in [0.29, 0.717) is 49.3 Å². The minimum absolute atomic E-state index is 0.0527. The maximum Gasteiger partial charge on any atom is 0.261 e. The lowest BCUT2D eigenvalue weighted by molar-refractivity contribution is -0.124. The summed E-state index contributed by atoms with van der Waals surface area (Å²) in [5, 5.41) is 2.08. The molecule has 0 fully saturated rings. The largest absolute Gasteiger partial charge is 0.485 e. The van der Waals surface area contributed by atoms with Gasteiger partial charge in [-0.05, 0) is 68.7 Å². The average molecular weight is 1240 g/mol. The monoisotopic (exact) mass is 1240 g/mol. The van der Waals surface area contributed by atoms with Crippen molar-refractivity contribution >= 4 is 98.7 Å². The predicted molar refractivity (Wildman–Crippen MR) is 370 cm³/mol. The van der Waals surface area contributed by atoms with Crippen molar-refractivity contribution in [2.75, 3.05) is 26.3 Å². The van der Waals surface area contributed by atoms with E-state index >= 15 is 9.59 Å². The number of unbranched alkanes of at least 4 members (excludes halogenated alkanes) is 32. The van der Waals surface area contributed by atoms with Crippen molar-refractivity contribution in [1.82, 2.24) is 9.80 Å². The molecule has 0 spiro atoms. The van der Waals surface area contributed by atoms with Gasteiger partial charge in [0.15, 0.2) is 11.5 Å². The maximum atomic E-state index is 16.2. The number of carbonyl (C=O) groups excluding carboxylic acids is 2. The zero-order chi connectivity index (χ0) is 58.7. The standard InChI is InChI=1S/C73H110N2O4S5/c1-6-10-14-18-22-26-28-32-36-40-44-56(42-38-34-30-24-20-16-12-8-3)52-74-68(63-49-60-59(82-63)48-55(5)81-60)66-67(73(74)77)69(64-50-61-62(83-64)51-65(84-61)71-70-58(54-80-71)78-46-47-79-70)75(72(66)76)53-57(43-39-35-31-25-21-17-13-9-4)45-41-37-33-29-27-23-19-15-11-7-2/h48-51,54,56-57H,6-47,52-53H2,1-5H3. The smallest absolute Gasteiger partial charge is 0.261 e. The first-order chi connectivity index (χ1) is 41.3. The van der Waals surface area contributed by atoms with Crippen LogP contribution in [0.15, 0.2) is 40.8 Å². The van der Waals surface area contributed by atoms with Crippen molar-refractivity contribution in [3.63, 3.8) is 0 Å². The molecule has 0 saturated carbocycles. The molecule has 0 N–H and O–H groups in total. The number of ether oxygens (including phenoxy) is 2. The van der Waals surface area contributed by atoms with Crippen LogP contribution in [0.4, 0.5) is 0 Å². The highest BCUT2D eigenvalue weighted by molar-refractivity contribution is 7.31. The fourth-order valence-electron chi connectivity index (χ4n) is 13.6. The molecule has 0 bridgehead atoms. The lowest BCUT2D eigenvalue weighted by atomic mass is 9.93. The first kappa shape index (κ1) is 67.0. The third kappa shape index (κ3) is 19.5. The van der Waals surface area contributed by atoms with Crippen molar-refractivity contribution in [1.29, 1.82) is 0 Å². The average Bonchev–Trinajstić information content (AvgIpc) is 2.48. The van der Waals surface area contributed by atoms with Crippen LogP contribution in [0.25, 0.3) is 39.9 Å². The first-order valence-corrected chi connectivity index (χ1v) is 39.0. The van der Waals surface area contributed by atoms with E-state index in [1.807, 2.05) is 11.3 Å². The summed E-state index contributed by atoms with van der Waals surface area (Å²) < 4.78 is 17.1. The molecule has 8 rings (SSSR count). The van der Waals surface area contributed by atoms with Crippen LogP contribution in [0.5, 0.6) is 11.5 Å². The second-order valence-corrected chi connectivity index (χ2v) is 31.0. The molecule has 3 aliphatic rings. The highest BCUT2D eigenvalue weighted by Gasteiger charge is 2.50. The SMILES string of the molecule is CCCCCCCCCCCCC(CCCCCCCCCC)CN1C(=O)C2=C(c3cc4sc(-c5scc6c5OCCO6)cc4s3)N(CC(CCCCCCCCCC)CCCCCCCCCCCC)C(=O)C2=C1c1cc2sc(C)cc2s1. The Labute approximate surface area is 530 Å². The molecule has 8 heterocycles. The summed E-state index contributed by atoms with van der Waals surface area (Å²) in [6.45, 7) is 13.9. The van der Waals surface area contributed by atoms with E-state index in [0.717, 1.165) is 63.2 Å². The van der Waals surface area contributed by atoms with Crippen molar-refractivity contribution in [2.45, 2.75) is 291 Å². The van der Waals surface area contributed by atoms with Gasteiger partial charge in [0.25, 0.3) is 11.8 Å². The molecule has 2 unspecified atom stereocenters. The number of hydrogen-bond acceptors (Lipinski definition) is 9. The van der Waals surface area contributed by atoms with Crippen molar-refractivity contribution in [2.24, 2.45) is 11.8 Å². The Balaban J connectivity index is 1.11. The maximum absolute atomic E-state index is 16.2. The summed E-state index contributed by atoms with van der Waals surface area (Å²) in [7, 11) is 0. The lowest BCUT2D eigenvalue weighted by Gasteiger charge is -2.29. The van der Waals surface area contributed by atoms with Gasteiger partial charge in [-0.25, -0.2) is 0 Å². The van der Waals surface area contributed by atoms with E-state index in [2.05, 4.69) is 74.1 Å². The van der Waals surface area contributed by atoms with Crippen LogP contribution in [0.1, 0.15) is 299 Å². The molecule has 6 nitrogen and oxygen atoms in total. The summed E-state index contributed by atoms with van der Waals surface area (Å²) in [6.07, 6.45) is 51.9. The minimum atomic E-state index is 0.0527. The molecule has 84 heavy (non-hydrogen) atoms. The molecular formula is C73H110N2O4S5. The Bertz CT molecular complexity index is 2720. The Morgan fingerprint density at radius 1 is 0.405 bits per heavy atom. The highest BCUT2D eigenvalue weighted by Crippen LogP contribution is 2.54. The van der Waals surface area contributed by atoms with Crippen molar-refractivity contribution < 1.29 is 19.1 Å². The van der Waals surface area contributed by atoms with E-state index in [-0.39, 0.29) is 11.8 Å². The predicted octanol–water partition coefficient (Wildman–Crippen LogP) is 24.8. The zero-order valence-corrected chi connectivity index (χ0v) is 57.3. The van der Waals surface area contributed by atoms with E-state index < -0.39 is 0 Å². The van der Waals surface area contributed by atoms with E-state index in [1.54, 1.807) is 45.3 Å². The van der Waals surface area contributed by atoms with Gasteiger partial charge in [0.1, 0.15) is 13.2 Å². The van der Waals surface area contributed by atoms with Gasteiger partial charge < -0.3 is 19.3 Å². The van der Waals surface area contributed by atoms with Crippen LogP contribution >= 0.6 is 56.7 Å². The van der Waals surface area contributed by atoms with Gasteiger partial charge in [0.2, 0.25) is 0 Å². The van der Waals surface area contributed by atoms with Crippen LogP contribution in [-0.4, -0.2) is 47.9 Å². The molecular weight excluding hydrogens is 1130 g/mol. The molecule has 5 aromatic rings. The summed E-state index contributed by atoms with van der Waals surface area (Å²) >= 11 is 8.88. The number of amides is 2. The van der Waals surface area contributed by atoms with Gasteiger partial charge in [-0.3, -0.25) is 9.59 Å². The third-order valence-corrected chi connectivity index (χ3v) is 24.1. The number of aryl methyl sites for hydroxylation is 1. The Morgan fingerprint density at radius 3 is 1.11 bits per heavy atom. The van der Waals surface area contributed by atoms with Gasteiger partial charge in [0.05, 0.1) is 42.0 Å². The quantitative estimate of drug-likeness (QED) is 0.0364. The van der Waals surface area contributed by atoms with Crippen molar-refractivity contribution in [3.05, 3.63) is 55.4 Å². The topological polar surface area (TPSA) is 59.1 Å². The second kappa shape index (κ2) is 37.1. The van der Waals surface area contributed by atoms with Gasteiger partial charge in [-0.1, -0.05) is 259 Å². The third-order valence-electron chi connectivity index (χ3n) is 18.5. The molecule has 5 aromatic heterocycles. The fourth-order valence-corrected chi connectivity index (χ4v) is 19.5. The molecule has 0 radical (unpaired) electrons. The summed E-state index contributed by atoms with van der Waals surface area (Å²) in [4.78, 5) is 42.4. The molecule has 2 atom stereocenters. The van der Waals surface area contributed by atoms with Gasteiger partial charge in [0, 0.05) is 42.1 Å². The number of rotatable bonds is 47. The van der Waals surface area contributed by atoms with Crippen LogP contribution in [-0.2, 0) is 9.59 Å². The molecule has 3 aliphatic heterocycles. The molecule has 0 aromatic carbocycles. The van der Waals surface area contributed by atoms with Crippen LogP contribution < -0.4 is 9.47 Å². The number of nitrogens with zero attached hydrogens (tertiary/aromatic N) is 2. The molecule has 11 heteroatoms. The summed E-state index contributed by atoms with van der Waals surface area (Å²) in [6, 6.07) is 9.27. The van der Waals surface area contributed by atoms with Gasteiger partial charge >= 0.3 is 0 Å². The minimum Gasteiger partial charge on any atom is -0.485 e. The molecule has 0 saturated heterocycles. The second-order valence-electron chi connectivity index (χ2n) is 25.6. The Hall–Kier alpha value is -2.96. The molecule has 466 valence electrons. The van der Waals surface area contributed by atoms with Gasteiger partial charge in [-0.15, -0.1) is 56.7 Å². The number of thiophene rings is 5. The first-order valence-electron chi connectivity index (χ1n) is 34.9. The zero-order valence-electron chi connectivity index (χ0n) is 53.2. The van der Waals surface area contributed by atoms with E-state index in [1.165, 1.54) is 260 Å². The van der Waals surface area contributed by atoms with Crippen LogP contribution in [0, 0.1) is 18.8 Å². The molecule has 0 aliphatic carbocycles. The van der Waals surface area contributed by atoms with Crippen molar-refractivity contribution in [3.8, 4) is 21.3 Å². The summed E-state index contributed by atoms with van der Waals surface area (Å²) in [5.41, 5.74) is 3.13. The van der Waals surface area contributed by atoms with Crippen LogP contribution in [0.3, 0.4) is 0 Å².